The lowest BCUT2D eigenvalue weighted by Gasteiger charge is -2.13. The molecule has 0 atom stereocenters. The number of aliphatic hydroxyl groups is 1. The molecule has 1 aromatic rings. The summed E-state index contributed by atoms with van der Waals surface area (Å²) in [6, 6.07) is 5.34. The maximum absolute atomic E-state index is 12.7. The molecular weight excluding hydrogens is 313 g/mol. The van der Waals surface area contributed by atoms with E-state index >= 15 is 0 Å². The topological polar surface area (TPSA) is 56.0 Å². The maximum Gasteiger partial charge on any atom is 0.416 e. The predicted octanol–water partition coefficient (Wildman–Crippen LogP) is 4.50. The van der Waals surface area contributed by atoms with Gasteiger partial charge in [-0.1, -0.05) is 12.2 Å². The molecule has 1 saturated carbocycles. The van der Waals surface area contributed by atoms with Crippen LogP contribution in [0.5, 0.6) is 0 Å². The molecule has 2 rings (SSSR count). The number of aryl methyl sites for hydroxylation is 1. The van der Waals surface area contributed by atoms with Crippen LogP contribution in [0.1, 0.15) is 24.0 Å². The Balaban J connectivity index is 2.21. The van der Waals surface area contributed by atoms with Gasteiger partial charge in [0.25, 0.3) is 0 Å². The minimum Gasteiger partial charge on any atom is -0.511 e. The molecule has 0 heterocycles. The van der Waals surface area contributed by atoms with Crippen molar-refractivity contribution >= 4 is 22.9 Å². The molecule has 0 aliphatic heterocycles. The van der Waals surface area contributed by atoms with E-state index in [1.165, 1.54) is 19.1 Å². The van der Waals surface area contributed by atoms with Crippen molar-refractivity contribution in [3.63, 3.8) is 0 Å². The number of rotatable bonds is 3. The number of aliphatic hydroxyl groups excluding tert-OH is 1. The summed E-state index contributed by atoms with van der Waals surface area (Å²) in [5.74, 6) is -0.0904. The molecule has 1 aliphatic carbocycles. The third-order valence-corrected chi connectivity index (χ3v) is 3.65. The summed E-state index contributed by atoms with van der Waals surface area (Å²) in [5, 5.41) is 21.7. The second-order valence-electron chi connectivity index (χ2n) is 5.13. The first-order valence-corrected chi connectivity index (χ1v) is 6.97. The molecule has 1 fully saturated rings. The zero-order chi connectivity index (χ0) is 16.5. The van der Waals surface area contributed by atoms with Crippen molar-refractivity contribution in [3.05, 3.63) is 40.7 Å². The van der Waals surface area contributed by atoms with E-state index in [-0.39, 0.29) is 27.8 Å². The molecule has 0 bridgehead atoms. The van der Waals surface area contributed by atoms with Gasteiger partial charge in [0.15, 0.2) is 0 Å². The Morgan fingerprint density at radius 3 is 2.50 bits per heavy atom. The largest absolute Gasteiger partial charge is 0.511 e. The molecule has 0 radical (unpaired) electrons. The van der Waals surface area contributed by atoms with Gasteiger partial charge in [0.2, 0.25) is 0 Å². The van der Waals surface area contributed by atoms with Crippen molar-refractivity contribution in [1.82, 2.24) is 0 Å². The number of allylic oxidation sites excluding steroid dienone is 1. The summed E-state index contributed by atoms with van der Waals surface area (Å²) in [5.41, 5.74) is -0.364. The van der Waals surface area contributed by atoms with E-state index in [0.29, 0.717) is 5.69 Å². The Morgan fingerprint density at radius 1 is 1.41 bits per heavy atom. The molecule has 22 heavy (non-hydrogen) atoms. The fourth-order valence-corrected chi connectivity index (χ4v) is 2.31. The van der Waals surface area contributed by atoms with E-state index in [1.54, 1.807) is 0 Å². The van der Waals surface area contributed by atoms with Gasteiger partial charge in [-0.25, -0.2) is 0 Å². The average Bonchev–Trinajstić information content (AvgIpc) is 3.21. The zero-order valence-electron chi connectivity index (χ0n) is 11.7. The van der Waals surface area contributed by atoms with Gasteiger partial charge in [-0.2, -0.15) is 18.4 Å². The molecule has 2 N–H and O–H groups in total. The van der Waals surface area contributed by atoms with E-state index in [0.717, 1.165) is 18.9 Å². The Morgan fingerprint density at radius 2 is 2.05 bits per heavy atom. The van der Waals surface area contributed by atoms with Crippen LogP contribution in [-0.2, 0) is 6.18 Å². The Hall–Kier alpha value is -2.07. The summed E-state index contributed by atoms with van der Waals surface area (Å²) in [6.07, 6.45) is -2.80. The highest BCUT2D eigenvalue weighted by Gasteiger charge is 2.32. The van der Waals surface area contributed by atoms with Crippen LogP contribution < -0.4 is 5.32 Å². The quantitative estimate of drug-likeness (QED) is 0.372. The van der Waals surface area contributed by atoms with Crippen LogP contribution in [0.15, 0.2) is 29.5 Å². The summed E-state index contributed by atoms with van der Waals surface area (Å²) < 4.78 is 38.1. The lowest BCUT2D eigenvalue weighted by atomic mass is 10.1. The SMILES string of the molecule is Cc1cc(NC(=S)/C(C#N)=C(/O)C2CC2)ccc1C(F)(F)F. The predicted molar refractivity (Wildman–Crippen MR) is 80.4 cm³/mol. The Labute approximate surface area is 131 Å². The molecule has 0 saturated heterocycles. The number of halogens is 3. The van der Waals surface area contributed by atoms with Crippen molar-refractivity contribution in [2.45, 2.75) is 25.9 Å². The number of thiocarbonyl (C=S) groups is 1. The van der Waals surface area contributed by atoms with Crippen molar-refractivity contribution in [2.75, 3.05) is 5.32 Å². The lowest BCUT2D eigenvalue weighted by molar-refractivity contribution is -0.138. The van der Waals surface area contributed by atoms with Gasteiger partial charge < -0.3 is 10.4 Å². The molecule has 0 spiro atoms. The highest BCUT2D eigenvalue weighted by molar-refractivity contribution is 7.81. The number of alkyl halides is 3. The van der Waals surface area contributed by atoms with Gasteiger partial charge in [-0.3, -0.25) is 0 Å². The van der Waals surface area contributed by atoms with Crippen molar-refractivity contribution in [1.29, 1.82) is 5.26 Å². The van der Waals surface area contributed by atoms with Crippen LogP contribution in [0, 0.1) is 24.2 Å². The van der Waals surface area contributed by atoms with E-state index in [4.69, 9.17) is 17.5 Å². The van der Waals surface area contributed by atoms with Gasteiger partial charge in [0.1, 0.15) is 22.4 Å². The van der Waals surface area contributed by atoms with E-state index in [2.05, 4.69) is 5.32 Å². The van der Waals surface area contributed by atoms with Gasteiger partial charge in [0.05, 0.1) is 5.56 Å². The molecule has 0 unspecified atom stereocenters. The number of benzene rings is 1. The normalized spacial score (nSPS) is 15.8. The first kappa shape index (κ1) is 16.3. The zero-order valence-corrected chi connectivity index (χ0v) is 12.5. The molecule has 7 heteroatoms. The highest BCUT2D eigenvalue weighted by Crippen LogP contribution is 2.37. The fraction of sp³-hybridized carbons (Fsp3) is 0.333. The summed E-state index contributed by atoms with van der Waals surface area (Å²) in [6.45, 7) is 1.35. The summed E-state index contributed by atoms with van der Waals surface area (Å²) >= 11 is 5.06. The van der Waals surface area contributed by atoms with Gasteiger partial charge in [-0.05, 0) is 43.5 Å². The van der Waals surface area contributed by atoms with Crippen LogP contribution in [-0.4, -0.2) is 10.1 Å². The third kappa shape index (κ3) is 3.57. The standard InChI is InChI=1S/C15H13F3N2OS/c1-8-6-10(4-5-12(8)15(16,17)18)20-14(22)11(7-19)13(21)9-2-3-9/h4-6,9,21H,2-3H2,1H3,(H,20,22)/b13-11+. The van der Waals surface area contributed by atoms with Gasteiger partial charge >= 0.3 is 6.18 Å². The van der Waals surface area contributed by atoms with Crippen molar-refractivity contribution in [2.24, 2.45) is 5.92 Å². The Kier molecular flexibility index (Phi) is 4.42. The lowest BCUT2D eigenvalue weighted by Crippen LogP contribution is -2.14. The molecule has 1 aliphatic rings. The van der Waals surface area contributed by atoms with Gasteiger partial charge in [0, 0.05) is 11.6 Å². The highest BCUT2D eigenvalue weighted by atomic mass is 32.1. The molecule has 116 valence electrons. The van der Waals surface area contributed by atoms with Crippen molar-refractivity contribution in [3.8, 4) is 6.07 Å². The summed E-state index contributed by atoms with van der Waals surface area (Å²) in [7, 11) is 0. The second-order valence-corrected chi connectivity index (χ2v) is 5.54. The molecule has 1 aromatic carbocycles. The smallest absolute Gasteiger partial charge is 0.416 e. The first-order valence-electron chi connectivity index (χ1n) is 6.56. The van der Waals surface area contributed by atoms with E-state index < -0.39 is 11.7 Å². The summed E-state index contributed by atoms with van der Waals surface area (Å²) in [4.78, 5) is 0.00561. The number of nitrogens with one attached hydrogen (secondary N) is 1. The molecular formula is C15H13F3N2OS. The second kappa shape index (κ2) is 5.97. The first-order chi connectivity index (χ1) is 10.2. The van der Waals surface area contributed by atoms with Crippen LogP contribution >= 0.6 is 12.2 Å². The van der Waals surface area contributed by atoms with E-state index in [9.17, 15) is 18.3 Å². The third-order valence-electron chi connectivity index (χ3n) is 3.35. The number of anilines is 1. The number of nitriles is 1. The maximum atomic E-state index is 12.7. The van der Waals surface area contributed by atoms with Gasteiger partial charge in [-0.15, -0.1) is 0 Å². The van der Waals surface area contributed by atoms with E-state index in [1.807, 2.05) is 6.07 Å². The van der Waals surface area contributed by atoms with Crippen LogP contribution in [0.4, 0.5) is 18.9 Å². The molecule has 0 aromatic heterocycles. The number of hydrogen-bond acceptors (Lipinski definition) is 3. The average molecular weight is 326 g/mol. The van der Waals surface area contributed by atoms with Crippen LogP contribution in [0.3, 0.4) is 0 Å². The molecule has 0 amide bonds. The molecule has 3 nitrogen and oxygen atoms in total. The number of nitrogens with zero attached hydrogens (tertiary/aromatic N) is 1. The minimum absolute atomic E-state index is 0.00561. The van der Waals surface area contributed by atoms with Crippen LogP contribution in [0.25, 0.3) is 0 Å². The number of hydrogen-bond donors (Lipinski definition) is 2. The van der Waals surface area contributed by atoms with Crippen LogP contribution in [0.2, 0.25) is 0 Å². The minimum atomic E-state index is -4.41. The monoisotopic (exact) mass is 326 g/mol. The van der Waals surface area contributed by atoms with Crippen molar-refractivity contribution < 1.29 is 18.3 Å². The Bertz CT molecular complexity index is 685. The fourth-order valence-electron chi connectivity index (χ4n) is 2.04.